The summed E-state index contributed by atoms with van der Waals surface area (Å²) in [6, 6.07) is 9.64. The van der Waals surface area contributed by atoms with E-state index in [1.54, 1.807) is 12.1 Å². The first-order chi connectivity index (χ1) is 12.5. The molecular weight excluding hydrogens is 328 g/mol. The van der Waals surface area contributed by atoms with Crippen molar-refractivity contribution in [2.45, 2.75) is 32.2 Å². The number of aryl methyl sites for hydroxylation is 2. The molecule has 134 valence electrons. The fraction of sp³-hybridized carbons (Fsp3) is 0.333. The van der Waals surface area contributed by atoms with Crippen molar-refractivity contribution < 1.29 is 9.66 Å². The van der Waals surface area contributed by atoms with Gasteiger partial charge < -0.3 is 10.1 Å². The zero-order valence-electron chi connectivity index (χ0n) is 15.2. The Labute approximate surface area is 152 Å². The summed E-state index contributed by atoms with van der Waals surface area (Å²) < 4.78 is 5.15. The van der Waals surface area contributed by atoms with Gasteiger partial charge in [-0.2, -0.15) is 0 Å². The summed E-state index contributed by atoms with van der Waals surface area (Å²) in [4.78, 5) is 11.1. The predicted octanol–water partition coefficient (Wildman–Crippen LogP) is 5.05. The minimum absolute atomic E-state index is 0.0149. The summed E-state index contributed by atoms with van der Waals surface area (Å²) in [5, 5.41) is 15.1. The molecule has 0 unspecified atom stereocenters. The molecule has 0 saturated carbocycles. The summed E-state index contributed by atoms with van der Waals surface area (Å²) in [6.07, 6.45) is 5.50. The minimum Gasteiger partial charge on any atom is -0.490 e. The molecule has 1 heterocycles. The number of hydrogen-bond acceptors (Lipinski definition) is 4. The maximum absolute atomic E-state index is 11.4. The molecule has 5 nitrogen and oxygen atoms in total. The van der Waals surface area contributed by atoms with Crippen LogP contribution in [0.2, 0.25) is 0 Å². The normalized spacial score (nSPS) is 23.1. The number of anilines is 1. The van der Waals surface area contributed by atoms with E-state index < -0.39 is 0 Å². The van der Waals surface area contributed by atoms with E-state index in [1.807, 2.05) is 6.07 Å². The first-order valence-corrected chi connectivity index (χ1v) is 8.87. The second-order valence-corrected chi connectivity index (χ2v) is 7.15. The molecule has 1 aliphatic carbocycles. The number of ether oxygens (including phenoxy) is 1. The Balaban J connectivity index is 1.83. The highest BCUT2D eigenvalue weighted by Gasteiger charge is 2.39. The molecule has 1 aliphatic heterocycles. The van der Waals surface area contributed by atoms with Crippen LogP contribution in [-0.2, 0) is 0 Å². The molecule has 0 spiro atoms. The number of nitro groups is 1. The van der Waals surface area contributed by atoms with Crippen molar-refractivity contribution >= 4 is 11.4 Å². The molecule has 2 aliphatic rings. The van der Waals surface area contributed by atoms with Crippen molar-refractivity contribution in [2.75, 3.05) is 12.4 Å². The van der Waals surface area contributed by atoms with Gasteiger partial charge in [-0.3, -0.25) is 10.1 Å². The standard InChI is InChI=1S/C21H22N2O3/c1-12-7-8-13(2)20-19(12)15-5-4-6-16(15)21(22-20)14-9-10-18(26-3)17(11-14)23(24)25/h4-5,7-11,15-16,21-22H,6H2,1-3H3/t15-,16-,21+/m1/s1. The van der Waals surface area contributed by atoms with E-state index in [2.05, 4.69) is 43.4 Å². The van der Waals surface area contributed by atoms with Crippen LogP contribution >= 0.6 is 0 Å². The van der Waals surface area contributed by atoms with Gasteiger partial charge in [0.15, 0.2) is 5.75 Å². The zero-order valence-corrected chi connectivity index (χ0v) is 15.2. The highest BCUT2D eigenvalue weighted by atomic mass is 16.6. The SMILES string of the molecule is COc1ccc([C@@H]2Nc3c(C)ccc(C)c3[C@@H]3C=CC[C@H]32)cc1[N+](=O)[O-]. The van der Waals surface area contributed by atoms with Gasteiger partial charge in [-0.25, -0.2) is 0 Å². The average Bonchev–Trinajstić information content (AvgIpc) is 3.13. The van der Waals surface area contributed by atoms with Gasteiger partial charge in [-0.15, -0.1) is 0 Å². The topological polar surface area (TPSA) is 64.4 Å². The Morgan fingerprint density at radius 2 is 1.96 bits per heavy atom. The molecule has 3 atom stereocenters. The van der Waals surface area contributed by atoms with Crippen molar-refractivity contribution in [3.63, 3.8) is 0 Å². The molecule has 5 heteroatoms. The molecule has 1 N–H and O–H groups in total. The van der Waals surface area contributed by atoms with Crippen LogP contribution in [0.15, 0.2) is 42.5 Å². The number of methoxy groups -OCH3 is 1. The van der Waals surface area contributed by atoms with Gasteiger partial charge in [0.25, 0.3) is 0 Å². The Hall–Kier alpha value is -2.82. The van der Waals surface area contributed by atoms with Gasteiger partial charge in [-0.05, 0) is 54.5 Å². The molecule has 0 amide bonds. The van der Waals surface area contributed by atoms with E-state index in [0.29, 0.717) is 17.6 Å². The van der Waals surface area contributed by atoms with Crippen LogP contribution in [0.3, 0.4) is 0 Å². The molecule has 0 bridgehead atoms. The van der Waals surface area contributed by atoms with Gasteiger partial charge in [0.2, 0.25) is 0 Å². The number of hydrogen-bond donors (Lipinski definition) is 1. The lowest BCUT2D eigenvalue weighted by molar-refractivity contribution is -0.385. The van der Waals surface area contributed by atoms with E-state index in [-0.39, 0.29) is 16.7 Å². The molecule has 0 aromatic heterocycles. The molecule has 26 heavy (non-hydrogen) atoms. The predicted molar refractivity (Wildman–Crippen MR) is 102 cm³/mol. The smallest absolute Gasteiger partial charge is 0.311 e. The van der Waals surface area contributed by atoms with Gasteiger partial charge >= 0.3 is 5.69 Å². The number of nitrogens with zero attached hydrogens (tertiary/aromatic N) is 1. The summed E-state index contributed by atoms with van der Waals surface area (Å²) in [6.45, 7) is 4.26. The van der Waals surface area contributed by atoms with E-state index in [9.17, 15) is 10.1 Å². The first kappa shape index (κ1) is 16.6. The maximum Gasteiger partial charge on any atom is 0.311 e. The number of rotatable bonds is 3. The van der Waals surface area contributed by atoms with Gasteiger partial charge in [0.1, 0.15) is 0 Å². The van der Waals surface area contributed by atoms with E-state index >= 15 is 0 Å². The third-order valence-electron chi connectivity index (χ3n) is 5.70. The highest BCUT2D eigenvalue weighted by molar-refractivity contribution is 5.66. The van der Waals surface area contributed by atoms with E-state index in [0.717, 1.165) is 12.0 Å². The average molecular weight is 350 g/mol. The summed E-state index contributed by atoms with van der Waals surface area (Å²) >= 11 is 0. The van der Waals surface area contributed by atoms with Crippen molar-refractivity contribution in [2.24, 2.45) is 5.92 Å². The van der Waals surface area contributed by atoms with Crippen molar-refractivity contribution in [1.29, 1.82) is 0 Å². The lowest BCUT2D eigenvalue weighted by atomic mass is 9.75. The van der Waals surface area contributed by atoms with Crippen LogP contribution in [-0.4, -0.2) is 12.0 Å². The van der Waals surface area contributed by atoms with Crippen molar-refractivity contribution in [3.8, 4) is 5.75 Å². The lowest BCUT2D eigenvalue weighted by Gasteiger charge is -2.39. The second-order valence-electron chi connectivity index (χ2n) is 7.15. The minimum atomic E-state index is -0.376. The van der Waals surface area contributed by atoms with Crippen LogP contribution < -0.4 is 10.1 Å². The third-order valence-corrected chi connectivity index (χ3v) is 5.70. The van der Waals surface area contributed by atoms with Crippen LogP contribution in [0, 0.1) is 29.9 Å². The fourth-order valence-corrected chi connectivity index (χ4v) is 4.42. The van der Waals surface area contributed by atoms with E-state index in [4.69, 9.17) is 4.74 Å². The Morgan fingerprint density at radius 1 is 1.19 bits per heavy atom. The second kappa shape index (κ2) is 6.16. The Morgan fingerprint density at radius 3 is 2.69 bits per heavy atom. The van der Waals surface area contributed by atoms with Gasteiger partial charge in [0.05, 0.1) is 18.1 Å². The molecule has 2 aromatic rings. The number of benzene rings is 2. The van der Waals surface area contributed by atoms with E-state index in [1.165, 1.54) is 29.5 Å². The number of allylic oxidation sites excluding steroid dienone is 2. The van der Waals surface area contributed by atoms with Crippen LogP contribution in [0.1, 0.15) is 40.6 Å². The summed E-state index contributed by atoms with van der Waals surface area (Å²) in [5.74, 6) is 0.997. The summed E-state index contributed by atoms with van der Waals surface area (Å²) in [5.41, 5.74) is 5.98. The first-order valence-electron chi connectivity index (χ1n) is 8.87. The molecule has 0 saturated heterocycles. The zero-order chi connectivity index (χ0) is 18.4. The largest absolute Gasteiger partial charge is 0.490 e. The number of fused-ring (bicyclic) bond motifs is 3. The maximum atomic E-state index is 11.4. The quantitative estimate of drug-likeness (QED) is 0.478. The molecule has 0 radical (unpaired) electrons. The number of nitrogens with one attached hydrogen (secondary N) is 1. The van der Waals surface area contributed by atoms with Crippen LogP contribution in [0.5, 0.6) is 5.75 Å². The highest BCUT2D eigenvalue weighted by Crippen LogP contribution is 2.52. The third kappa shape index (κ3) is 2.46. The van der Waals surface area contributed by atoms with Gasteiger partial charge in [-0.1, -0.05) is 30.4 Å². The van der Waals surface area contributed by atoms with Gasteiger partial charge in [0, 0.05) is 17.7 Å². The van der Waals surface area contributed by atoms with Crippen molar-refractivity contribution in [3.05, 3.63) is 74.9 Å². The fourth-order valence-electron chi connectivity index (χ4n) is 4.42. The molecular formula is C21H22N2O3. The monoisotopic (exact) mass is 350 g/mol. The molecule has 0 fully saturated rings. The Bertz CT molecular complexity index is 920. The van der Waals surface area contributed by atoms with Crippen LogP contribution in [0.4, 0.5) is 11.4 Å². The summed E-state index contributed by atoms with van der Waals surface area (Å²) in [7, 11) is 1.46. The number of nitro benzene ring substituents is 1. The molecule has 4 rings (SSSR count). The van der Waals surface area contributed by atoms with Crippen molar-refractivity contribution in [1.82, 2.24) is 0 Å². The lowest BCUT2D eigenvalue weighted by Crippen LogP contribution is -2.30. The Kier molecular flexibility index (Phi) is 3.94. The molecule has 2 aromatic carbocycles. The van der Waals surface area contributed by atoms with Crippen LogP contribution in [0.25, 0.3) is 0 Å².